The highest BCUT2D eigenvalue weighted by Crippen LogP contribution is 2.14. The summed E-state index contributed by atoms with van der Waals surface area (Å²) in [5, 5.41) is 1.98. The Balaban J connectivity index is 0.000000126. The predicted molar refractivity (Wildman–Crippen MR) is 77.1 cm³/mol. The molecule has 2 aliphatic heterocycles. The van der Waals surface area contributed by atoms with Crippen LogP contribution in [0.5, 0.6) is 0 Å². The van der Waals surface area contributed by atoms with E-state index in [1.807, 2.05) is 5.01 Å². The maximum Gasteiger partial charge on any atom is 0.346 e. The van der Waals surface area contributed by atoms with E-state index < -0.39 is 0 Å². The molecule has 0 aromatic carbocycles. The quantitative estimate of drug-likeness (QED) is 0.622. The molecule has 2 fully saturated rings. The van der Waals surface area contributed by atoms with Gasteiger partial charge < -0.3 is 10.3 Å². The van der Waals surface area contributed by atoms with Crippen LogP contribution in [0.4, 0.5) is 11.6 Å². The third-order valence-corrected chi connectivity index (χ3v) is 2.85. The van der Waals surface area contributed by atoms with Crippen molar-refractivity contribution in [3.63, 3.8) is 0 Å². The summed E-state index contributed by atoms with van der Waals surface area (Å²) in [4.78, 5) is 35.6. The average molecular weight is 289 g/mol. The van der Waals surface area contributed by atoms with E-state index in [2.05, 4.69) is 30.3 Å². The van der Waals surface area contributed by atoms with Gasteiger partial charge in [0.2, 0.25) is 0 Å². The monoisotopic (exact) mass is 289 g/mol. The minimum absolute atomic E-state index is 0.274. The standard InChI is InChI=1S/C6H8N4O.C6H7N3O/c11-6-7-2-1-5(8-6)9-10-3-4-10;10-6-7-2-1-5(8-6)9-3-4-9/h1-2H,3-4H2,(H2,7,8,9,11);1-2H,3-4H2,(H,7,8,10). The van der Waals surface area contributed by atoms with E-state index in [4.69, 9.17) is 0 Å². The summed E-state index contributed by atoms with van der Waals surface area (Å²) in [5.41, 5.74) is 2.40. The van der Waals surface area contributed by atoms with E-state index in [1.165, 1.54) is 12.4 Å². The van der Waals surface area contributed by atoms with Crippen molar-refractivity contribution in [1.29, 1.82) is 0 Å². The second-order valence-electron chi connectivity index (χ2n) is 4.63. The van der Waals surface area contributed by atoms with Gasteiger partial charge in [0.25, 0.3) is 0 Å². The first kappa shape index (κ1) is 13.3. The highest BCUT2D eigenvalue weighted by atomic mass is 16.1. The van der Waals surface area contributed by atoms with Gasteiger partial charge in [-0.3, -0.25) is 9.97 Å². The van der Waals surface area contributed by atoms with Crippen LogP contribution >= 0.6 is 0 Å². The van der Waals surface area contributed by atoms with E-state index in [-0.39, 0.29) is 11.4 Å². The van der Waals surface area contributed by atoms with E-state index in [0.717, 1.165) is 32.0 Å². The van der Waals surface area contributed by atoms with Gasteiger partial charge in [0.15, 0.2) is 0 Å². The normalized spacial score (nSPS) is 15.9. The summed E-state index contributed by atoms with van der Waals surface area (Å²) in [6, 6.07) is 3.52. The minimum atomic E-state index is -0.322. The van der Waals surface area contributed by atoms with Crippen molar-refractivity contribution in [1.82, 2.24) is 24.9 Å². The Labute approximate surface area is 119 Å². The zero-order chi connectivity index (χ0) is 14.7. The molecule has 0 aliphatic carbocycles. The highest BCUT2D eigenvalue weighted by molar-refractivity contribution is 5.42. The number of hydrazine groups is 1. The lowest BCUT2D eigenvalue weighted by atomic mass is 10.6. The first-order valence-electron chi connectivity index (χ1n) is 6.58. The summed E-state index contributed by atoms with van der Waals surface area (Å²) in [6.07, 6.45) is 3.00. The summed E-state index contributed by atoms with van der Waals surface area (Å²) < 4.78 is 0. The molecule has 0 spiro atoms. The van der Waals surface area contributed by atoms with Crippen LogP contribution in [0.15, 0.2) is 34.1 Å². The molecule has 9 heteroatoms. The van der Waals surface area contributed by atoms with Crippen molar-refractivity contribution in [2.24, 2.45) is 0 Å². The third kappa shape index (κ3) is 4.14. The molecule has 110 valence electrons. The lowest BCUT2D eigenvalue weighted by Gasteiger charge is -2.02. The predicted octanol–water partition coefficient (Wildman–Crippen LogP) is -0.998. The molecule has 0 unspecified atom stereocenters. The van der Waals surface area contributed by atoms with E-state index in [0.29, 0.717) is 5.82 Å². The Morgan fingerprint density at radius 2 is 1.62 bits per heavy atom. The van der Waals surface area contributed by atoms with Crippen LogP contribution in [0.25, 0.3) is 0 Å². The van der Waals surface area contributed by atoms with Crippen molar-refractivity contribution in [2.45, 2.75) is 0 Å². The van der Waals surface area contributed by atoms with Gasteiger partial charge in [-0.15, -0.1) is 0 Å². The number of aromatic amines is 2. The van der Waals surface area contributed by atoms with Crippen molar-refractivity contribution in [3.8, 4) is 0 Å². The van der Waals surface area contributed by atoms with Gasteiger partial charge in [-0.2, -0.15) is 0 Å². The van der Waals surface area contributed by atoms with Crippen LogP contribution in [0.2, 0.25) is 0 Å². The lowest BCUT2D eigenvalue weighted by molar-refractivity contribution is 0.672. The zero-order valence-corrected chi connectivity index (χ0v) is 11.2. The van der Waals surface area contributed by atoms with Crippen molar-refractivity contribution in [2.75, 3.05) is 36.5 Å². The van der Waals surface area contributed by atoms with Crippen LogP contribution in [0.1, 0.15) is 0 Å². The maximum absolute atomic E-state index is 10.7. The summed E-state index contributed by atoms with van der Waals surface area (Å²) >= 11 is 0. The van der Waals surface area contributed by atoms with Gasteiger partial charge in [0.05, 0.1) is 0 Å². The molecule has 0 saturated carbocycles. The molecular weight excluding hydrogens is 274 g/mol. The Hall–Kier alpha value is -2.68. The molecule has 2 aromatic heterocycles. The third-order valence-electron chi connectivity index (χ3n) is 2.85. The fraction of sp³-hybridized carbons (Fsp3) is 0.333. The molecule has 2 saturated heterocycles. The number of H-pyrrole nitrogens is 2. The Morgan fingerprint density at radius 3 is 2.19 bits per heavy atom. The fourth-order valence-corrected chi connectivity index (χ4v) is 1.60. The van der Waals surface area contributed by atoms with Crippen LogP contribution in [0.3, 0.4) is 0 Å². The van der Waals surface area contributed by atoms with E-state index in [9.17, 15) is 9.59 Å². The smallest absolute Gasteiger partial charge is 0.346 e. The molecule has 9 nitrogen and oxygen atoms in total. The van der Waals surface area contributed by atoms with Gasteiger partial charge in [-0.05, 0) is 12.1 Å². The number of nitrogens with zero attached hydrogens (tertiary/aromatic N) is 4. The number of hydrogen-bond acceptors (Lipinski definition) is 7. The maximum atomic E-state index is 10.7. The largest absolute Gasteiger partial charge is 0.354 e. The second-order valence-corrected chi connectivity index (χ2v) is 4.63. The van der Waals surface area contributed by atoms with Gasteiger partial charge in [0, 0.05) is 38.6 Å². The molecule has 4 rings (SSSR count). The van der Waals surface area contributed by atoms with Gasteiger partial charge in [-0.25, -0.2) is 24.6 Å². The molecule has 0 radical (unpaired) electrons. The summed E-state index contributed by atoms with van der Waals surface area (Å²) in [6.45, 7) is 4.15. The average Bonchev–Trinajstić information content (AvgIpc) is 3.34. The molecule has 2 aliphatic rings. The van der Waals surface area contributed by atoms with Crippen molar-refractivity contribution in [3.05, 3.63) is 45.5 Å². The van der Waals surface area contributed by atoms with Crippen LogP contribution < -0.4 is 21.7 Å². The van der Waals surface area contributed by atoms with Gasteiger partial charge in [-0.1, -0.05) is 0 Å². The molecule has 4 heterocycles. The highest BCUT2D eigenvalue weighted by Gasteiger charge is 2.18. The number of hydrogen-bond donors (Lipinski definition) is 3. The summed E-state index contributed by atoms with van der Waals surface area (Å²) in [7, 11) is 0. The van der Waals surface area contributed by atoms with Gasteiger partial charge in [0.1, 0.15) is 11.6 Å². The number of rotatable bonds is 3. The Bertz CT molecular complexity index is 718. The van der Waals surface area contributed by atoms with Crippen molar-refractivity contribution < 1.29 is 0 Å². The topological polar surface area (TPSA) is 110 Å². The first-order valence-corrected chi connectivity index (χ1v) is 6.58. The van der Waals surface area contributed by atoms with Crippen LogP contribution in [-0.4, -0.2) is 51.1 Å². The van der Waals surface area contributed by atoms with E-state index in [1.54, 1.807) is 12.1 Å². The number of nitrogens with one attached hydrogen (secondary N) is 3. The summed E-state index contributed by atoms with van der Waals surface area (Å²) in [5.74, 6) is 1.57. The first-order chi connectivity index (χ1) is 10.2. The van der Waals surface area contributed by atoms with Crippen LogP contribution in [0, 0.1) is 0 Å². The number of anilines is 2. The van der Waals surface area contributed by atoms with Crippen LogP contribution in [-0.2, 0) is 0 Å². The lowest BCUT2D eigenvalue weighted by Crippen LogP contribution is -2.15. The molecule has 3 N–H and O–H groups in total. The minimum Gasteiger partial charge on any atom is -0.354 e. The molecule has 2 aromatic rings. The molecular formula is C12H15N7O2. The molecule has 21 heavy (non-hydrogen) atoms. The Morgan fingerprint density at radius 1 is 0.952 bits per heavy atom. The zero-order valence-electron chi connectivity index (χ0n) is 11.2. The molecule has 0 amide bonds. The Kier molecular flexibility index (Phi) is 3.65. The van der Waals surface area contributed by atoms with Crippen molar-refractivity contribution >= 4 is 11.6 Å². The van der Waals surface area contributed by atoms with Gasteiger partial charge >= 0.3 is 11.4 Å². The molecule has 0 bridgehead atoms. The second kappa shape index (κ2) is 5.75. The molecule has 0 atom stereocenters. The van der Waals surface area contributed by atoms with E-state index >= 15 is 0 Å². The number of aromatic nitrogens is 4. The fourth-order valence-electron chi connectivity index (χ4n) is 1.60. The SMILES string of the molecule is O=c1nccc(N2CC2)[nH]1.O=c1nccc(NN2CC2)[nH]1.